The van der Waals surface area contributed by atoms with Crippen molar-refractivity contribution in [2.45, 2.75) is 27.2 Å². The highest BCUT2D eigenvalue weighted by atomic mass is 32.1. The Balaban J connectivity index is 1.46. The maximum atomic E-state index is 13.3. The van der Waals surface area contributed by atoms with Crippen LogP contribution in [0.5, 0.6) is 0 Å². The molecule has 0 saturated carbocycles. The Morgan fingerprint density at radius 3 is 2.59 bits per heavy atom. The van der Waals surface area contributed by atoms with Gasteiger partial charge >= 0.3 is 0 Å². The number of hydrogen-bond donors (Lipinski definition) is 0. The molecule has 1 aromatic carbocycles. The van der Waals surface area contributed by atoms with E-state index in [1.54, 1.807) is 23.5 Å². The monoisotopic (exact) mass is 458 g/mol. The van der Waals surface area contributed by atoms with Crippen LogP contribution in [0.4, 0.5) is 4.39 Å². The lowest BCUT2D eigenvalue weighted by Gasteiger charge is -2.33. The Hall–Kier alpha value is -2.29. The number of carbonyl (C=O) groups excluding carboxylic acids is 1. The van der Waals surface area contributed by atoms with Crippen molar-refractivity contribution < 1.29 is 13.9 Å². The van der Waals surface area contributed by atoms with Crippen molar-refractivity contribution in [1.29, 1.82) is 0 Å². The first-order chi connectivity index (χ1) is 15.3. The van der Waals surface area contributed by atoms with Crippen molar-refractivity contribution in [2.75, 3.05) is 45.9 Å². The first-order valence-corrected chi connectivity index (χ1v) is 12.0. The number of thiazole rings is 1. The minimum absolute atomic E-state index is 0.176. The van der Waals surface area contributed by atoms with Crippen LogP contribution < -0.4 is 0 Å². The third-order valence-electron chi connectivity index (χ3n) is 5.78. The largest absolute Gasteiger partial charge is 0.379 e. The number of fused-ring (bicyclic) bond motifs is 1. The Labute approximate surface area is 192 Å². The Morgan fingerprint density at radius 2 is 1.91 bits per heavy atom. The summed E-state index contributed by atoms with van der Waals surface area (Å²) in [6.07, 6.45) is 2.75. The number of amides is 1. The number of aromatic nitrogens is 2. The Kier molecular flexibility index (Phi) is 6.93. The number of rotatable bonds is 7. The van der Waals surface area contributed by atoms with Gasteiger partial charge in [-0.15, -0.1) is 11.3 Å². The van der Waals surface area contributed by atoms with Gasteiger partial charge in [-0.05, 0) is 24.3 Å². The molecule has 1 amide bonds. The molecule has 3 heterocycles. The average Bonchev–Trinajstić information content (AvgIpc) is 3.35. The van der Waals surface area contributed by atoms with Gasteiger partial charge in [-0.3, -0.25) is 14.1 Å². The fourth-order valence-electron chi connectivity index (χ4n) is 3.89. The zero-order valence-corrected chi connectivity index (χ0v) is 19.8. The molecule has 6 nitrogen and oxygen atoms in total. The van der Waals surface area contributed by atoms with Crippen LogP contribution >= 0.6 is 11.3 Å². The van der Waals surface area contributed by atoms with E-state index in [4.69, 9.17) is 9.72 Å². The van der Waals surface area contributed by atoms with E-state index in [0.717, 1.165) is 61.2 Å². The van der Waals surface area contributed by atoms with Crippen LogP contribution in [0.15, 0.2) is 35.8 Å². The van der Waals surface area contributed by atoms with E-state index in [9.17, 15) is 9.18 Å². The minimum atomic E-state index is -0.417. The molecule has 1 aliphatic heterocycles. The number of carbonyl (C=O) groups is 1. The molecule has 0 spiro atoms. The fraction of sp³-hybridized carbons (Fsp3) is 0.500. The van der Waals surface area contributed by atoms with Crippen LogP contribution in [0, 0.1) is 11.2 Å². The van der Waals surface area contributed by atoms with Gasteiger partial charge in [0.1, 0.15) is 5.82 Å². The second kappa shape index (κ2) is 9.68. The maximum Gasteiger partial charge on any atom is 0.228 e. The lowest BCUT2D eigenvalue weighted by atomic mass is 9.94. The molecule has 0 N–H and O–H groups in total. The molecule has 32 heavy (non-hydrogen) atoms. The van der Waals surface area contributed by atoms with E-state index in [2.05, 4.69) is 14.7 Å². The molecule has 0 unspecified atom stereocenters. The molecule has 8 heteroatoms. The van der Waals surface area contributed by atoms with Crippen LogP contribution in [-0.4, -0.2) is 71.0 Å². The molecular weight excluding hydrogens is 427 g/mol. The smallest absolute Gasteiger partial charge is 0.228 e. The predicted molar refractivity (Wildman–Crippen MR) is 125 cm³/mol. The van der Waals surface area contributed by atoms with Gasteiger partial charge in [0.25, 0.3) is 0 Å². The van der Waals surface area contributed by atoms with Gasteiger partial charge in [-0.1, -0.05) is 20.8 Å². The second-order valence-electron chi connectivity index (χ2n) is 9.26. The molecule has 0 bridgehead atoms. The molecular formula is C24H31FN4O2S. The number of ether oxygens (including phenoxy) is 1. The zero-order valence-electron chi connectivity index (χ0n) is 19.0. The molecule has 172 valence electrons. The van der Waals surface area contributed by atoms with Crippen LogP contribution in [0.3, 0.4) is 0 Å². The van der Waals surface area contributed by atoms with Gasteiger partial charge in [0, 0.05) is 67.4 Å². The van der Waals surface area contributed by atoms with Crippen molar-refractivity contribution in [2.24, 2.45) is 5.41 Å². The summed E-state index contributed by atoms with van der Waals surface area (Å²) in [5.41, 5.74) is 2.43. The van der Waals surface area contributed by atoms with E-state index >= 15 is 0 Å². The maximum absolute atomic E-state index is 13.3. The first-order valence-electron chi connectivity index (χ1n) is 11.1. The average molecular weight is 459 g/mol. The van der Waals surface area contributed by atoms with Crippen molar-refractivity contribution in [3.05, 3.63) is 47.4 Å². The zero-order chi connectivity index (χ0) is 22.7. The number of imidazole rings is 1. The van der Waals surface area contributed by atoms with Gasteiger partial charge in [0.2, 0.25) is 5.91 Å². The number of nitrogens with zero attached hydrogens (tertiary/aromatic N) is 4. The quantitative estimate of drug-likeness (QED) is 0.538. The summed E-state index contributed by atoms with van der Waals surface area (Å²) in [5.74, 6) is -0.0778. The standard InChI is InChI=1S/C24H31FN4O2S/c1-24(2,3)22(30)28(11-10-27-12-14-31-15-13-27)9-8-20-17-32-23-26-21(16-29(20)23)18-4-6-19(25)7-5-18/h4-7,16-17H,8-15H2,1-3H3. The van der Waals surface area contributed by atoms with E-state index in [-0.39, 0.29) is 11.7 Å². The topological polar surface area (TPSA) is 50.1 Å². The number of benzene rings is 1. The molecule has 1 fully saturated rings. The van der Waals surface area contributed by atoms with Crippen molar-refractivity contribution in [1.82, 2.24) is 19.2 Å². The second-order valence-corrected chi connectivity index (χ2v) is 10.1. The van der Waals surface area contributed by atoms with Gasteiger partial charge in [-0.25, -0.2) is 9.37 Å². The lowest BCUT2D eigenvalue weighted by molar-refractivity contribution is -0.139. The lowest BCUT2D eigenvalue weighted by Crippen LogP contribution is -2.46. The number of hydrogen-bond acceptors (Lipinski definition) is 5. The summed E-state index contributed by atoms with van der Waals surface area (Å²) in [4.78, 5) is 23.1. The Morgan fingerprint density at radius 1 is 1.19 bits per heavy atom. The summed E-state index contributed by atoms with van der Waals surface area (Å²) in [7, 11) is 0. The fourth-order valence-corrected chi connectivity index (χ4v) is 4.80. The summed E-state index contributed by atoms with van der Waals surface area (Å²) in [5, 5.41) is 2.11. The van der Waals surface area contributed by atoms with E-state index in [1.807, 2.05) is 31.9 Å². The third kappa shape index (κ3) is 5.36. The normalized spacial score (nSPS) is 15.4. The third-order valence-corrected chi connectivity index (χ3v) is 6.67. The van der Waals surface area contributed by atoms with Crippen LogP contribution in [0.2, 0.25) is 0 Å². The molecule has 0 radical (unpaired) electrons. The van der Waals surface area contributed by atoms with Crippen LogP contribution in [-0.2, 0) is 16.0 Å². The number of morpholine rings is 1. The molecule has 1 saturated heterocycles. The van der Waals surface area contributed by atoms with Crippen molar-refractivity contribution >= 4 is 22.2 Å². The number of halogens is 1. The van der Waals surface area contributed by atoms with E-state index in [1.165, 1.54) is 12.1 Å². The van der Waals surface area contributed by atoms with Gasteiger partial charge in [0.05, 0.1) is 18.9 Å². The summed E-state index contributed by atoms with van der Waals surface area (Å²) < 4.78 is 20.8. The minimum Gasteiger partial charge on any atom is -0.379 e. The predicted octanol–water partition coefficient (Wildman–Crippen LogP) is 3.95. The molecule has 4 rings (SSSR count). The molecule has 0 atom stereocenters. The highest BCUT2D eigenvalue weighted by Crippen LogP contribution is 2.25. The van der Waals surface area contributed by atoms with Crippen LogP contribution in [0.25, 0.3) is 16.2 Å². The summed E-state index contributed by atoms with van der Waals surface area (Å²) in [6, 6.07) is 6.40. The highest BCUT2D eigenvalue weighted by Gasteiger charge is 2.27. The van der Waals surface area contributed by atoms with Crippen molar-refractivity contribution in [3.63, 3.8) is 0 Å². The van der Waals surface area contributed by atoms with Gasteiger partial charge < -0.3 is 9.64 Å². The van der Waals surface area contributed by atoms with E-state index < -0.39 is 5.41 Å². The van der Waals surface area contributed by atoms with Crippen LogP contribution in [0.1, 0.15) is 26.5 Å². The van der Waals surface area contributed by atoms with Gasteiger partial charge in [0.15, 0.2) is 4.96 Å². The van der Waals surface area contributed by atoms with Gasteiger partial charge in [-0.2, -0.15) is 0 Å². The van der Waals surface area contributed by atoms with Crippen molar-refractivity contribution in [3.8, 4) is 11.3 Å². The summed E-state index contributed by atoms with van der Waals surface area (Å²) in [6.45, 7) is 11.5. The SMILES string of the molecule is CC(C)(C)C(=O)N(CCc1csc2nc(-c3ccc(F)cc3)cn12)CCN1CCOCC1. The summed E-state index contributed by atoms with van der Waals surface area (Å²) >= 11 is 1.59. The highest BCUT2D eigenvalue weighted by molar-refractivity contribution is 7.15. The van der Waals surface area contributed by atoms with E-state index in [0.29, 0.717) is 13.1 Å². The first kappa shape index (κ1) is 22.9. The Bertz CT molecular complexity index is 1050. The molecule has 1 aliphatic rings. The molecule has 2 aromatic heterocycles. The molecule has 0 aliphatic carbocycles. The molecule has 3 aromatic rings.